The van der Waals surface area contributed by atoms with Crippen LogP contribution in [-0.2, 0) is 12.7 Å². The molecule has 3 aromatic rings. The zero-order valence-corrected chi connectivity index (χ0v) is 19.6. The predicted octanol–water partition coefficient (Wildman–Crippen LogP) is 3.18. The van der Waals surface area contributed by atoms with Gasteiger partial charge in [0.1, 0.15) is 16.5 Å². The van der Waals surface area contributed by atoms with Crippen LogP contribution in [0, 0.1) is 18.2 Å². The minimum absolute atomic E-state index is 0.0877. The largest absolute Gasteiger partial charge is 0.425 e. The van der Waals surface area contributed by atoms with Gasteiger partial charge in [0.2, 0.25) is 5.95 Å². The number of rotatable bonds is 6. The lowest BCUT2D eigenvalue weighted by Crippen LogP contribution is -2.53. The number of aliphatic hydroxyl groups excluding tert-OH is 2. The van der Waals surface area contributed by atoms with E-state index in [1.165, 1.54) is 22.8 Å². The van der Waals surface area contributed by atoms with Gasteiger partial charge in [0.15, 0.2) is 0 Å². The number of hydrogen-bond acceptors (Lipinski definition) is 7. The first-order valence-electron chi connectivity index (χ1n) is 10.9. The SMILES string of the molecule is Cc1nc(N2CCC(c3ccc(F)cc3)C(CO)(CO)C2)nc(=O)n1Cc1ccc(C(F)(F)F)s1. The molecule has 12 heteroatoms. The maximum atomic E-state index is 13.4. The molecule has 188 valence electrons. The Balaban J connectivity index is 1.58. The molecule has 7 nitrogen and oxygen atoms in total. The van der Waals surface area contributed by atoms with E-state index in [4.69, 9.17) is 0 Å². The van der Waals surface area contributed by atoms with Gasteiger partial charge in [0.25, 0.3) is 0 Å². The number of anilines is 1. The fourth-order valence-corrected chi connectivity index (χ4v) is 5.39. The second-order valence-corrected chi connectivity index (χ2v) is 9.86. The number of piperidine rings is 1. The van der Waals surface area contributed by atoms with Crippen LogP contribution in [0.1, 0.15) is 33.5 Å². The summed E-state index contributed by atoms with van der Waals surface area (Å²) in [7, 11) is 0. The van der Waals surface area contributed by atoms with Crippen molar-refractivity contribution in [2.75, 3.05) is 31.2 Å². The summed E-state index contributed by atoms with van der Waals surface area (Å²) < 4.78 is 53.3. The molecule has 3 heterocycles. The molecule has 1 atom stereocenters. The van der Waals surface area contributed by atoms with E-state index in [9.17, 15) is 32.6 Å². The Morgan fingerprint density at radius 1 is 1.11 bits per heavy atom. The number of alkyl halides is 3. The van der Waals surface area contributed by atoms with Gasteiger partial charge < -0.3 is 15.1 Å². The Morgan fingerprint density at radius 2 is 1.80 bits per heavy atom. The molecule has 35 heavy (non-hydrogen) atoms. The number of aryl methyl sites for hydroxylation is 1. The highest BCUT2D eigenvalue weighted by Gasteiger charge is 2.44. The Hall–Kier alpha value is -2.83. The second kappa shape index (κ2) is 9.67. The summed E-state index contributed by atoms with van der Waals surface area (Å²) in [5.74, 6) is -0.236. The van der Waals surface area contributed by atoms with Gasteiger partial charge in [0, 0.05) is 23.4 Å². The molecule has 0 aliphatic carbocycles. The average molecular weight is 513 g/mol. The van der Waals surface area contributed by atoms with E-state index >= 15 is 0 Å². The summed E-state index contributed by atoms with van der Waals surface area (Å²) in [6.07, 6.45) is -3.96. The van der Waals surface area contributed by atoms with Crippen molar-refractivity contribution in [3.05, 3.63) is 73.8 Å². The van der Waals surface area contributed by atoms with E-state index < -0.39 is 22.2 Å². The molecule has 1 aliphatic heterocycles. The standard InChI is InChI=1S/C23H24F4N4O3S/c1-14-28-20(29-21(34)31(14)10-17-6-7-19(35-17)23(25,26)27)30-9-8-18(22(11-30,12-32)13-33)15-2-4-16(24)5-3-15/h2-7,18,32-33H,8-13H2,1H3. The minimum atomic E-state index is -4.45. The Bertz CT molecular complexity index is 1240. The fourth-order valence-electron chi connectivity index (χ4n) is 4.53. The molecule has 2 aromatic heterocycles. The molecule has 0 saturated carbocycles. The van der Waals surface area contributed by atoms with Crippen LogP contribution >= 0.6 is 11.3 Å². The lowest BCUT2D eigenvalue weighted by molar-refractivity contribution is -0.134. The maximum Gasteiger partial charge on any atom is 0.425 e. The monoisotopic (exact) mass is 512 g/mol. The summed E-state index contributed by atoms with van der Waals surface area (Å²) >= 11 is 0.559. The van der Waals surface area contributed by atoms with E-state index in [-0.39, 0.29) is 49.8 Å². The number of hydrogen-bond donors (Lipinski definition) is 2. The van der Waals surface area contributed by atoms with Gasteiger partial charge in [-0.3, -0.25) is 4.57 Å². The van der Waals surface area contributed by atoms with Crippen molar-refractivity contribution in [3.63, 3.8) is 0 Å². The Morgan fingerprint density at radius 3 is 2.37 bits per heavy atom. The lowest BCUT2D eigenvalue weighted by atomic mass is 9.69. The zero-order chi connectivity index (χ0) is 25.4. The average Bonchev–Trinajstić information content (AvgIpc) is 3.31. The van der Waals surface area contributed by atoms with Crippen molar-refractivity contribution in [2.24, 2.45) is 5.41 Å². The summed E-state index contributed by atoms with van der Waals surface area (Å²) in [4.78, 5) is 22.5. The van der Waals surface area contributed by atoms with Crippen molar-refractivity contribution in [2.45, 2.75) is 32.0 Å². The molecule has 0 bridgehead atoms. The first kappa shape index (κ1) is 25.3. The molecule has 1 unspecified atom stereocenters. The van der Waals surface area contributed by atoms with Crippen molar-refractivity contribution in [3.8, 4) is 0 Å². The first-order chi connectivity index (χ1) is 16.6. The third-order valence-electron chi connectivity index (χ3n) is 6.45. The van der Waals surface area contributed by atoms with Gasteiger partial charge in [-0.05, 0) is 49.1 Å². The van der Waals surface area contributed by atoms with Crippen molar-refractivity contribution in [1.29, 1.82) is 0 Å². The van der Waals surface area contributed by atoms with Gasteiger partial charge in [-0.15, -0.1) is 11.3 Å². The Labute approximate surface area is 202 Å². The molecular weight excluding hydrogens is 488 g/mol. The number of nitrogens with zero attached hydrogens (tertiary/aromatic N) is 4. The number of benzene rings is 1. The second-order valence-electron chi connectivity index (χ2n) is 8.70. The summed E-state index contributed by atoms with van der Waals surface area (Å²) in [6, 6.07) is 8.23. The number of aliphatic hydroxyl groups is 2. The highest BCUT2D eigenvalue weighted by molar-refractivity contribution is 7.12. The van der Waals surface area contributed by atoms with E-state index in [0.717, 1.165) is 11.6 Å². The van der Waals surface area contributed by atoms with Crippen LogP contribution < -0.4 is 10.6 Å². The van der Waals surface area contributed by atoms with Crippen LogP contribution in [0.4, 0.5) is 23.5 Å². The van der Waals surface area contributed by atoms with Crippen LogP contribution in [0.25, 0.3) is 0 Å². The molecule has 1 aliphatic rings. The number of halogens is 4. The summed E-state index contributed by atoms with van der Waals surface area (Å²) in [5, 5.41) is 20.4. The lowest BCUT2D eigenvalue weighted by Gasteiger charge is -2.46. The molecule has 1 aromatic carbocycles. The maximum absolute atomic E-state index is 13.4. The summed E-state index contributed by atoms with van der Waals surface area (Å²) in [6.45, 7) is 1.37. The van der Waals surface area contributed by atoms with Crippen molar-refractivity contribution >= 4 is 17.3 Å². The quantitative estimate of drug-likeness (QED) is 0.493. The first-order valence-corrected chi connectivity index (χ1v) is 11.7. The number of aromatic nitrogens is 3. The minimum Gasteiger partial charge on any atom is -0.396 e. The van der Waals surface area contributed by atoms with Gasteiger partial charge in [-0.1, -0.05) is 12.1 Å². The smallest absolute Gasteiger partial charge is 0.396 e. The number of thiophene rings is 1. The van der Waals surface area contributed by atoms with Gasteiger partial charge in [0.05, 0.1) is 19.8 Å². The Kier molecular flexibility index (Phi) is 6.98. The normalized spacial score (nSPS) is 18.1. The third-order valence-corrected chi connectivity index (χ3v) is 7.57. The fraction of sp³-hybridized carbons (Fsp3) is 0.435. The molecule has 2 N–H and O–H groups in total. The molecule has 0 amide bonds. The van der Waals surface area contributed by atoms with Gasteiger partial charge in [-0.25, -0.2) is 9.18 Å². The highest BCUT2D eigenvalue weighted by Crippen LogP contribution is 2.43. The van der Waals surface area contributed by atoms with Gasteiger partial charge >= 0.3 is 11.9 Å². The van der Waals surface area contributed by atoms with Crippen molar-refractivity contribution < 1.29 is 27.8 Å². The molecule has 1 fully saturated rings. The molecular formula is C23H24F4N4O3S. The molecule has 1 saturated heterocycles. The predicted molar refractivity (Wildman–Crippen MR) is 122 cm³/mol. The zero-order valence-electron chi connectivity index (χ0n) is 18.8. The highest BCUT2D eigenvalue weighted by atomic mass is 32.1. The molecule has 0 spiro atoms. The molecule has 0 radical (unpaired) electrons. The van der Waals surface area contributed by atoms with E-state index in [1.807, 2.05) is 0 Å². The van der Waals surface area contributed by atoms with Gasteiger partial charge in [-0.2, -0.15) is 23.1 Å². The summed E-state index contributed by atoms with van der Waals surface area (Å²) in [5.41, 5.74) is -0.850. The van der Waals surface area contributed by atoms with Crippen LogP contribution in [0.3, 0.4) is 0 Å². The van der Waals surface area contributed by atoms with Crippen LogP contribution in [0.5, 0.6) is 0 Å². The van der Waals surface area contributed by atoms with Crippen LogP contribution in [0.2, 0.25) is 0 Å². The van der Waals surface area contributed by atoms with E-state index in [1.54, 1.807) is 24.0 Å². The van der Waals surface area contributed by atoms with E-state index in [2.05, 4.69) is 9.97 Å². The van der Waals surface area contributed by atoms with Crippen molar-refractivity contribution in [1.82, 2.24) is 14.5 Å². The molecule has 4 rings (SSSR count). The van der Waals surface area contributed by atoms with Crippen LogP contribution in [-0.4, -0.2) is 51.1 Å². The van der Waals surface area contributed by atoms with Crippen LogP contribution in [0.15, 0.2) is 41.2 Å². The topological polar surface area (TPSA) is 91.5 Å². The van der Waals surface area contributed by atoms with E-state index in [0.29, 0.717) is 29.2 Å². The third kappa shape index (κ3) is 5.09.